The van der Waals surface area contributed by atoms with Gasteiger partial charge in [0.1, 0.15) is 5.82 Å². The van der Waals surface area contributed by atoms with Gasteiger partial charge in [-0.2, -0.15) is 0 Å². The molecule has 0 bridgehead atoms. The van der Waals surface area contributed by atoms with Gasteiger partial charge in [0.15, 0.2) is 0 Å². The summed E-state index contributed by atoms with van der Waals surface area (Å²) in [7, 11) is 1.96. The van der Waals surface area contributed by atoms with Gasteiger partial charge in [-0.15, -0.1) is 0 Å². The highest BCUT2D eigenvalue weighted by Crippen LogP contribution is 2.38. The lowest BCUT2D eigenvalue weighted by atomic mass is 9.96. The molecule has 88 valence electrons. The second-order valence-electron chi connectivity index (χ2n) is 5.12. The van der Waals surface area contributed by atoms with Crippen molar-refractivity contribution in [1.29, 1.82) is 0 Å². The molecule has 1 aromatic carbocycles. The first-order valence-corrected chi connectivity index (χ1v) is 5.74. The quantitative estimate of drug-likeness (QED) is 0.847. The molecule has 0 radical (unpaired) electrons. The van der Waals surface area contributed by atoms with E-state index in [0.29, 0.717) is 5.92 Å². The highest BCUT2D eigenvalue weighted by Gasteiger charge is 2.39. The highest BCUT2D eigenvalue weighted by molar-refractivity contribution is 5.46. The molecule has 2 N–H and O–H groups in total. The molecular weight excluding hydrogens is 203 g/mol. The molecule has 0 aromatic heterocycles. The SMILES string of the molecule is CN(CC(C)(N)C1CC1)c1cccc(F)c1. The fourth-order valence-electron chi connectivity index (χ4n) is 2.19. The van der Waals surface area contributed by atoms with Crippen LogP contribution in [0, 0.1) is 11.7 Å². The minimum atomic E-state index is -0.200. The van der Waals surface area contributed by atoms with E-state index in [1.807, 2.05) is 18.0 Å². The van der Waals surface area contributed by atoms with Crippen molar-refractivity contribution in [3.8, 4) is 0 Å². The lowest BCUT2D eigenvalue weighted by Crippen LogP contribution is -2.48. The van der Waals surface area contributed by atoms with Crippen molar-refractivity contribution >= 4 is 5.69 Å². The van der Waals surface area contributed by atoms with Gasteiger partial charge in [0, 0.05) is 24.8 Å². The molecule has 3 heteroatoms. The molecule has 16 heavy (non-hydrogen) atoms. The van der Waals surface area contributed by atoms with Crippen LogP contribution < -0.4 is 10.6 Å². The van der Waals surface area contributed by atoms with Crippen molar-refractivity contribution in [1.82, 2.24) is 0 Å². The summed E-state index contributed by atoms with van der Waals surface area (Å²) in [5.74, 6) is 0.429. The van der Waals surface area contributed by atoms with Crippen LogP contribution in [0.4, 0.5) is 10.1 Å². The van der Waals surface area contributed by atoms with Crippen molar-refractivity contribution in [3.63, 3.8) is 0 Å². The number of anilines is 1. The van der Waals surface area contributed by atoms with Crippen LogP contribution in [0.1, 0.15) is 19.8 Å². The van der Waals surface area contributed by atoms with E-state index in [1.165, 1.54) is 18.9 Å². The van der Waals surface area contributed by atoms with Gasteiger partial charge in [-0.05, 0) is 43.9 Å². The Labute approximate surface area is 96.2 Å². The third-order valence-electron chi connectivity index (χ3n) is 3.34. The monoisotopic (exact) mass is 222 g/mol. The van der Waals surface area contributed by atoms with E-state index in [2.05, 4.69) is 6.92 Å². The van der Waals surface area contributed by atoms with Gasteiger partial charge in [-0.1, -0.05) is 6.07 Å². The first-order chi connectivity index (χ1) is 7.49. The molecule has 1 aromatic rings. The fraction of sp³-hybridized carbons (Fsp3) is 0.538. The van der Waals surface area contributed by atoms with Crippen molar-refractivity contribution in [2.45, 2.75) is 25.3 Å². The molecule has 2 nitrogen and oxygen atoms in total. The summed E-state index contributed by atoms with van der Waals surface area (Å²) >= 11 is 0. The lowest BCUT2D eigenvalue weighted by Gasteiger charge is -2.31. The predicted molar refractivity (Wildman–Crippen MR) is 65.0 cm³/mol. The fourth-order valence-corrected chi connectivity index (χ4v) is 2.19. The Balaban J connectivity index is 2.04. The molecule has 1 aliphatic carbocycles. The second-order valence-corrected chi connectivity index (χ2v) is 5.12. The summed E-state index contributed by atoms with van der Waals surface area (Å²) in [6.45, 7) is 2.85. The van der Waals surface area contributed by atoms with Gasteiger partial charge in [-0.25, -0.2) is 4.39 Å². The van der Waals surface area contributed by atoms with E-state index in [-0.39, 0.29) is 11.4 Å². The first-order valence-electron chi connectivity index (χ1n) is 5.74. The van der Waals surface area contributed by atoms with Crippen LogP contribution in [0.25, 0.3) is 0 Å². The Bertz CT molecular complexity index is 372. The highest BCUT2D eigenvalue weighted by atomic mass is 19.1. The number of hydrogen-bond acceptors (Lipinski definition) is 2. The van der Waals surface area contributed by atoms with Gasteiger partial charge < -0.3 is 10.6 Å². The molecule has 1 unspecified atom stereocenters. The van der Waals surface area contributed by atoms with Gasteiger partial charge in [0.2, 0.25) is 0 Å². The molecule has 0 saturated heterocycles. The van der Waals surface area contributed by atoms with Crippen LogP contribution >= 0.6 is 0 Å². The average molecular weight is 222 g/mol. The van der Waals surface area contributed by atoms with E-state index in [1.54, 1.807) is 12.1 Å². The second kappa shape index (κ2) is 4.06. The normalized spacial score (nSPS) is 19.2. The molecule has 2 rings (SSSR count). The van der Waals surface area contributed by atoms with Gasteiger partial charge in [0.25, 0.3) is 0 Å². The Morgan fingerprint density at radius 3 is 2.75 bits per heavy atom. The van der Waals surface area contributed by atoms with Crippen molar-refractivity contribution in [3.05, 3.63) is 30.1 Å². The number of hydrogen-bond donors (Lipinski definition) is 1. The van der Waals surface area contributed by atoms with Crippen LogP contribution in [0.15, 0.2) is 24.3 Å². The summed E-state index contributed by atoms with van der Waals surface area (Å²) in [6, 6.07) is 6.64. The number of likely N-dealkylation sites (N-methyl/N-ethyl adjacent to an activating group) is 1. The van der Waals surface area contributed by atoms with Crippen molar-refractivity contribution in [2.24, 2.45) is 11.7 Å². The summed E-state index contributed by atoms with van der Waals surface area (Å²) in [5.41, 5.74) is 6.98. The zero-order chi connectivity index (χ0) is 11.8. The summed E-state index contributed by atoms with van der Waals surface area (Å²) in [6.07, 6.45) is 2.45. The third kappa shape index (κ3) is 2.53. The third-order valence-corrected chi connectivity index (χ3v) is 3.34. The molecule has 1 aliphatic rings. The minimum Gasteiger partial charge on any atom is -0.373 e. The van der Waals surface area contributed by atoms with Gasteiger partial charge in [0.05, 0.1) is 0 Å². The molecule has 1 fully saturated rings. The van der Waals surface area contributed by atoms with E-state index >= 15 is 0 Å². The summed E-state index contributed by atoms with van der Waals surface area (Å²) in [4.78, 5) is 2.03. The van der Waals surface area contributed by atoms with Crippen LogP contribution in [0.3, 0.4) is 0 Å². The van der Waals surface area contributed by atoms with Crippen molar-refractivity contribution in [2.75, 3.05) is 18.5 Å². The number of nitrogens with two attached hydrogens (primary N) is 1. The summed E-state index contributed by atoms with van der Waals surface area (Å²) in [5, 5.41) is 0. The number of nitrogens with zero attached hydrogens (tertiary/aromatic N) is 1. The Morgan fingerprint density at radius 2 is 2.19 bits per heavy atom. The Hall–Kier alpha value is -1.09. The zero-order valence-electron chi connectivity index (χ0n) is 9.91. The maximum absolute atomic E-state index is 13.1. The largest absolute Gasteiger partial charge is 0.373 e. The predicted octanol–water partition coefficient (Wildman–Crippen LogP) is 2.39. The number of halogens is 1. The topological polar surface area (TPSA) is 29.3 Å². The van der Waals surface area contributed by atoms with Gasteiger partial charge in [-0.3, -0.25) is 0 Å². The van der Waals surface area contributed by atoms with E-state index in [0.717, 1.165) is 12.2 Å². The number of rotatable bonds is 4. The molecule has 0 aliphatic heterocycles. The molecular formula is C13H19FN2. The van der Waals surface area contributed by atoms with E-state index in [9.17, 15) is 4.39 Å². The standard InChI is InChI=1S/C13H19FN2/c1-13(15,10-6-7-10)9-16(2)12-5-3-4-11(14)8-12/h3-5,8,10H,6-7,9,15H2,1-2H3. The van der Waals surface area contributed by atoms with Crippen LogP contribution in [-0.2, 0) is 0 Å². The molecule has 0 spiro atoms. The Morgan fingerprint density at radius 1 is 1.50 bits per heavy atom. The number of benzene rings is 1. The van der Waals surface area contributed by atoms with E-state index < -0.39 is 0 Å². The zero-order valence-corrected chi connectivity index (χ0v) is 9.91. The Kier molecular flexibility index (Phi) is 2.89. The van der Waals surface area contributed by atoms with Crippen LogP contribution in [0.2, 0.25) is 0 Å². The van der Waals surface area contributed by atoms with Crippen molar-refractivity contribution < 1.29 is 4.39 Å². The molecule has 0 heterocycles. The smallest absolute Gasteiger partial charge is 0.125 e. The summed E-state index contributed by atoms with van der Waals surface area (Å²) < 4.78 is 13.1. The minimum absolute atomic E-state index is 0.166. The maximum atomic E-state index is 13.1. The van der Waals surface area contributed by atoms with Crippen LogP contribution in [0.5, 0.6) is 0 Å². The van der Waals surface area contributed by atoms with Crippen LogP contribution in [-0.4, -0.2) is 19.1 Å². The molecule has 1 atom stereocenters. The molecule has 0 amide bonds. The maximum Gasteiger partial charge on any atom is 0.125 e. The first kappa shape index (κ1) is 11.4. The van der Waals surface area contributed by atoms with Gasteiger partial charge >= 0.3 is 0 Å². The van der Waals surface area contributed by atoms with E-state index in [4.69, 9.17) is 5.73 Å². The average Bonchev–Trinajstić information content (AvgIpc) is 3.00. The lowest BCUT2D eigenvalue weighted by molar-refractivity contribution is 0.412. The molecule has 1 saturated carbocycles.